The van der Waals surface area contributed by atoms with E-state index in [0.717, 1.165) is 0 Å². The van der Waals surface area contributed by atoms with Gasteiger partial charge in [0.1, 0.15) is 12.2 Å². The molecule has 24 heavy (non-hydrogen) atoms. The van der Waals surface area contributed by atoms with Crippen LogP contribution < -0.4 is 10.4 Å². The topological polar surface area (TPSA) is 103 Å². The van der Waals surface area contributed by atoms with Gasteiger partial charge in [0.15, 0.2) is 11.3 Å². The predicted molar refractivity (Wildman–Crippen MR) is 86.8 cm³/mol. The maximum atomic E-state index is 12.2. The van der Waals surface area contributed by atoms with Crippen molar-refractivity contribution in [1.29, 1.82) is 0 Å². The second-order valence-corrected chi connectivity index (χ2v) is 4.85. The SMILES string of the molecule is CC=CCOCCOc1cccc2cc(-c3nn[nH]n3)c(=O)oc12. The van der Waals surface area contributed by atoms with Crippen molar-refractivity contribution in [2.75, 3.05) is 19.8 Å². The average molecular weight is 328 g/mol. The number of rotatable bonds is 7. The van der Waals surface area contributed by atoms with Gasteiger partial charge in [-0.2, -0.15) is 5.21 Å². The van der Waals surface area contributed by atoms with Crippen LogP contribution in [0.4, 0.5) is 0 Å². The van der Waals surface area contributed by atoms with E-state index in [1.54, 1.807) is 12.1 Å². The van der Waals surface area contributed by atoms with Crippen LogP contribution in [0.3, 0.4) is 0 Å². The van der Waals surface area contributed by atoms with Gasteiger partial charge in [-0.3, -0.25) is 0 Å². The maximum Gasteiger partial charge on any atom is 0.347 e. The number of tetrazole rings is 1. The summed E-state index contributed by atoms with van der Waals surface area (Å²) in [6, 6.07) is 7.03. The molecular formula is C16H16N4O4. The van der Waals surface area contributed by atoms with Gasteiger partial charge in [0.2, 0.25) is 5.82 Å². The molecule has 0 unspecified atom stereocenters. The molecule has 1 aromatic carbocycles. The highest BCUT2D eigenvalue weighted by Gasteiger charge is 2.14. The summed E-state index contributed by atoms with van der Waals surface area (Å²) in [4.78, 5) is 12.2. The number of hydrogen-bond acceptors (Lipinski definition) is 7. The third kappa shape index (κ3) is 3.49. The molecule has 0 aliphatic rings. The standard InChI is InChI=1S/C16H16N4O4/c1-2-3-7-22-8-9-23-13-6-4-5-11-10-12(15-17-19-20-18-15)16(21)24-14(11)13/h2-6,10H,7-9H2,1H3,(H,17,18,19,20). The molecule has 0 spiro atoms. The minimum Gasteiger partial charge on any atom is -0.487 e. The number of allylic oxidation sites excluding steroid dienone is 1. The molecule has 3 rings (SSSR count). The van der Waals surface area contributed by atoms with E-state index < -0.39 is 5.63 Å². The van der Waals surface area contributed by atoms with Gasteiger partial charge < -0.3 is 13.9 Å². The first-order valence-corrected chi connectivity index (χ1v) is 7.42. The Morgan fingerprint density at radius 3 is 3.04 bits per heavy atom. The number of para-hydroxylation sites is 1. The summed E-state index contributed by atoms with van der Waals surface area (Å²) >= 11 is 0. The van der Waals surface area contributed by atoms with Crippen molar-refractivity contribution in [2.24, 2.45) is 0 Å². The van der Waals surface area contributed by atoms with Crippen LogP contribution >= 0.6 is 0 Å². The third-order valence-corrected chi connectivity index (χ3v) is 3.25. The molecule has 0 atom stereocenters. The lowest BCUT2D eigenvalue weighted by atomic mass is 10.1. The Kier molecular flexibility index (Phi) is 4.97. The summed E-state index contributed by atoms with van der Waals surface area (Å²) in [6.45, 7) is 3.26. The van der Waals surface area contributed by atoms with Crippen molar-refractivity contribution in [3.63, 3.8) is 0 Å². The number of ether oxygens (including phenoxy) is 2. The third-order valence-electron chi connectivity index (χ3n) is 3.25. The van der Waals surface area contributed by atoms with Crippen molar-refractivity contribution < 1.29 is 13.9 Å². The Hall–Kier alpha value is -3.00. The minimum atomic E-state index is -0.552. The van der Waals surface area contributed by atoms with Crippen molar-refractivity contribution in [3.05, 3.63) is 46.8 Å². The fourth-order valence-corrected chi connectivity index (χ4v) is 2.12. The van der Waals surface area contributed by atoms with Gasteiger partial charge in [0.25, 0.3) is 0 Å². The number of hydrogen-bond donors (Lipinski definition) is 1. The smallest absolute Gasteiger partial charge is 0.347 e. The highest BCUT2D eigenvalue weighted by atomic mass is 16.5. The molecule has 0 fully saturated rings. The first-order chi connectivity index (χ1) is 11.8. The normalized spacial score (nSPS) is 11.4. The first kappa shape index (κ1) is 15.9. The summed E-state index contributed by atoms with van der Waals surface area (Å²) < 4.78 is 16.4. The van der Waals surface area contributed by atoms with Gasteiger partial charge in [-0.05, 0) is 24.3 Å². The molecule has 0 amide bonds. The van der Waals surface area contributed by atoms with E-state index in [1.165, 1.54) is 0 Å². The molecule has 1 N–H and O–H groups in total. The fraction of sp³-hybridized carbons (Fsp3) is 0.250. The van der Waals surface area contributed by atoms with E-state index in [1.807, 2.05) is 31.2 Å². The zero-order chi connectivity index (χ0) is 16.8. The van der Waals surface area contributed by atoms with Crippen molar-refractivity contribution >= 4 is 11.0 Å². The summed E-state index contributed by atoms with van der Waals surface area (Å²) in [5, 5.41) is 14.1. The Morgan fingerprint density at radius 1 is 1.33 bits per heavy atom. The number of H-pyrrole nitrogens is 1. The average Bonchev–Trinajstić information content (AvgIpc) is 3.12. The predicted octanol–water partition coefficient (Wildman–Crippen LogP) is 1.94. The molecule has 0 aliphatic heterocycles. The molecule has 0 radical (unpaired) electrons. The van der Waals surface area contributed by atoms with E-state index in [4.69, 9.17) is 13.9 Å². The Bertz CT molecular complexity index is 887. The molecule has 0 saturated heterocycles. The number of aromatic nitrogens is 4. The molecule has 0 bridgehead atoms. The largest absolute Gasteiger partial charge is 0.487 e. The molecule has 2 aromatic heterocycles. The monoisotopic (exact) mass is 328 g/mol. The summed E-state index contributed by atoms with van der Waals surface area (Å²) in [5.74, 6) is 0.674. The molecule has 0 aliphatic carbocycles. The Morgan fingerprint density at radius 2 is 2.25 bits per heavy atom. The number of nitrogens with zero attached hydrogens (tertiary/aromatic N) is 3. The summed E-state index contributed by atoms with van der Waals surface area (Å²) in [5.41, 5.74) is 0.0653. The molecule has 2 heterocycles. The van der Waals surface area contributed by atoms with Crippen LogP contribution in [-0.4, -0.2) is 40.4 Å². The number of aromatic amines is 1. The summed E-state index contributed by atoms with van der Waals surface area (Å²) in [7, 11) is 0. The van der Waals surface area contributed by atoms with Crippen molar-refractivity contribution in [2.45, 2.75) is 6.92 Å². The van der Waals surface area contributed by atoms with Crippen LogP contribution in [0.5, 0.6) is 5.75 Å². The van der Waals surface area contributed by atoms with E-state index in [-0.39, 0.29) is 11.4 Å². The van der Waals surface area contributed by atoms with Gasteiger partial charge in [-0.25, -0.2) is 4.79 Å². The van der Waals surface area contributed by atoms with Crippen molar-refractivity contribution in [3.8, 4) is 17.1 Å². The highest BCUT2D eigenvalue weighted by molar-refractivity contribution is 5.85. The van der Waals surface area contributed by atoms with Gasteiger partial charge in [-0.15, -0.1) is 10.2 Å². The van der Waals surface area contributed by atoms with Gasteiger partial charge >= 0.3 is 5.63 Å². The molecule has 8 nitrogen and oxygen atoms in total. The van der Waals surface area contributed by atoms with Crippen LogP contribution in [-0.2, 0) is 4.74 Å². The Balaban J connectivity index is 1.80. The zero-order valence-electron chi connectivity index (χ0n) is 13.1. The first-order valence-electron chi connectivity index (χ1n) is 7.42. The van der Waals surface area contributed by atoms with E-state index in [0.29, 0.717) is 36.5 Å². The Labute approximate surface area is 137 Å². The van der Waals surface area contributed by atoms with E-state index in [2.05, 4.69) is 20.6 Å². The van der Waals surface area contributed by atoms with E-state index in [9.17, 15) is 4.79 Å². The minimum absolute atomic E-state index is 0.189. The van der Waals surface area contributed by atoms with E-state index >= 15 is 0 Å². The second-order valence-electron chi connectivity index (χ2n) is 4.85. The zero-order valence-corrected chi connectivity index (χ0v) is 13.1. The van der Waals surface area contributed by atoms with Gasteiger partial charge in [0, 0.05) is 5.39 Å². The maximum absolute atomic E-state index is 12.2. The molecular weight excluding hydrogens is 312 g/mol. The second kappa shape index (κ2) is 7.51. The highest BCUT2D eigenvalue weighted by Crippen LogP contribution is 2.26. The van der Waals surface area contributed by atoms with Crippen LogP contribution in [0, 0.1) is 0 Å². The van der Waals surface area contributed by atoms with Crippen LogP contribution in [0.15, 0.2) is 45.6 Å². The number of fused-ring (bicyclic) bond motifs is 1. The molecule has 124 valence electrons. The van der Waals surface area contributed by atoms with Crippen molar-refractivity contribution in [1.82, 2.24) is 20.6 Å². The van der Waals surface area contributed by atoms with Crippen LogP contribution in [0.2, 0.25) is 0 Å². The fourth-order valence-electron chi connectivity index (χ4n) is 2.12. The van der Waals surface area contributed by atoms with Crippen LogP contribution in [0.25, 0.3) is 22.4 Å². The lowest BCUT2D eigenvalue weighted by Gasteiger charge is -2.08. The van der Waals surface area contributed by atoms with Gasteiger partial charge in [0.05, 0.1) is 13.2 Å². The van der Waals surface area contributed by atoms with Crippen LogP contribution in [0.1, 0.15) is 6.92 Å². The summed E-state index contributed by atoms with van der Waals surface area (Å²) in [6.07, 6.45) is 3.83. The lowest BCUT2D eigenvalue weighted by Crippen LogP contribution is -2.08. The lowest BCUT2D eigenvalue weighted by molar-refractivity contribution is 0.121. The molecule has 0 saturated carbocycles. The molecule has 8 heteroatoms. The molecule has 3 aromatic rings. The van der Waals surface area contributed by atoms with Gasteiger partial charge in [-0.1, -0.05) is 24.3 Å². The quantitative estimate of drug-likeness (QED) is 0.401. The number of nitrogens with one attached hydrogen (secondary N) is 1. The number of benzene rings is 1.